The average molecular weight is 435 g/mol. The smallest absolute Gasteiger partial charge is 0.342 e. The topological polar surface area (TPSA) is 102 Å². The lowest BCUT2D eigenvalue weighted by molar-refractivity contribution is -0.0720. The zero-order valence-corrected chi connectivity index (χ0v) is 19.8. The molecule has 2 N–H and O–H groups in total. The summed E-state index contributed by atoms with van der Waals surface area (Å²) in [7, 11) is 1.45. The van der Waals surface area contributed by atoms with E-state index in [1.54, 1.807) is 26.8 Å². The Morgan fingerprint density at radius 2 is 1.84 bits per heavy atom. The molecule has 0 radical (unpaired) electrons. The number of methoxy groups -OCH3 is 1. The fourth-order valence-electron chi connectivity index (χ4n) is 4.90. The zero-order valence-electron chi connectivity index (χ0n) is 19.8. The summed E-state index contributed by atoms with van der Waals surface area (Å²) in [5.41, 5.74) is -1.12. The molecule has 6 atom stereocenters. The van der Waals surface area contributed by atoms with Gasteiger partial charge in [-0.25, -0.2) is 4.79 Å². The van der Waals surface area contributed by atoms with Crippen LogP contribution in [-0.4, -0.2) is 46.8 Å². The van der Waals surface area contributed by atoms with Gasteiger partial charge in [0.05, 0.1) is 18.8 Å². The van der Waals surface area contributed by atoms with Crippen molar-refractivity contribution in [3.63, 3.8) is 0 Å². The number of allylic oxidation sites excluding steroid dienone is 2. The van der Waals surface area contributed by atoms with Crippen molar-refractivity contribution in [3.8, 4) is 5.75 Å². The molecule has 0 spiro atoms. The van der Waals surface area contributed by atoms with Crippen molar-refractivity contribution in [2.24, 2.45) is 0 Å². The van der Waals surface area contributed by atoms with Crippen LogP contribution in [0.2, 0.25) is 0 Å². The largest absolute Gasteiger partial charge is 0.496 e. The summed E-state index contributed by atoms with van der Waals surface area (Å²) in [6, 6.07) is 0. The van der Waals surface area contributed by atoms with E-state index in [0.29, 0.717) is 22.4 Å². The van der Waals surface area contributed by atoms with E-state index in [0.717, 1.165) is 5.57 Å². The highest BCUT2D eigenvalue weighted by Crippen LogP contribution is 2.55. The molecule has 0 aromatic carbocycles. The summed E-state index contributed by atoms with van der Waals surface area (Å²) < 4.78 is 22.7. The number of hydrogen-bond acceptors (Lipinski definition) is 7. The molecule has 1 aromatic rings. The van der Waals surface area contributed by atoms with Gasteiger partial charge in [-0.05, 0) is 67.0 Å². The predicted octanol–water partition coefficient (Wildman–Crippen LogP) is 3.06. The molecule has 7 heteroatoms. The van der Waals surface area contributed by atoms with Crippen molar-refractivity contribution in [2.45, 2.75) is 90.5 Å². The van der Waals surface area contributed by atoms with Gasteiger partial charge in [-0.15, -0.1) is 0 Å². The Bertz CT molecular complexity index is 1000. The van der Waals surface area contributed by atoms with Gasteiger partial charge in [-0.2, -0.15) is 0 Å². The number of rotatable bonds is 6. The maximum Gasteiger partial charge on any atom is 0.342 e. The van der Waals surface area contributed by atoms with E-state index in [4.69, 9.17) is 18.6 Å². The van der Waals surface area contributed by atoms with Crippen LogP contribution in [0.1, 0.15) is 58.4 Å². The van der Waals surface area contributed by atoms with Gasteiger partial charge in [-0.3, -0.25) is 0 Å². The van der Waals surface area contributed by atoms with Gasteiger partial charge >= 0.3 is 5.63 Å². The second-order valence-electron chi connectivity index (χ2n) is 9.45. The number of hydrogen-bond donors (Lipinski definition) is 2. The van der Waals surface area contributed by atoms with Gasteiger partial charge in [0.15, 0.2) is 0 Å². The Balaban J connectivity index is 1.90. The quantitative estimate of drug-likeness (QED) is 0.524. The first-order chi connectivity index (χ1) is 14.2. The molecular formula is C24H34O7. The number of aliphatic hydroxyl groups is 2. The van der Waals surface area contributed by atoms with Crippen molar-refractivity contribution < 1.29 is 28.8 Å². The first-order valence-corrected chi connectivity index (χ1v) is 10.5. The van der Waals surface area contributed by atoms with Crippen molar-refractivity contribution in [1.82, 2.24) is 0 Å². The lowest BCUT2D eigenvalue weighted by atomic mass is 9.87. The van der Waals surface area contributed by atoms with E-state index in [-0.39, 0.29) is 23.6 Å². The van der Waals surface area contributed by atoms with E-state index < -0.39 is 22.9 Å². The highest BCUT2D eigenvalue weighted by Gasteiger charge is 2.71. The summed E-state index contributed by atoms with van der Waals surface area (Å²) >= 11 is 0. The first-order valence-electron chi connectivity index (χ1n) is 10.5. The van der Waals surface area contributed by atoms with E-state index in [1.807, 2.05) is 33.8 Å². The minimum atomic E-state index is -1.84. The Kier molecular flexibility index (Phi) is 5.81. The van der Waals surface area contributed by atoms with Crippen LogP contribution in [0.25, 0.3) is 0 Å². The van der Waals surface area contributed by atoms with Crippen molar-refractivity contribution >= 4 is 0 Å². The minimum absolute atomic E-state index is 0.00894. The normalized spacial score (nSPS) is 33.6. The molecule has 2 aliphatic rings. The van der Waals surface area contributed by atoms with E-state index in [1.165, 1.54) is 14.0 Å². The highest BCUT2D eigenvalue weighted by molar-refractivity contribution is 5.42. The van der Waals surface area contributed by atoms with Crippen molar-refractivity contribution in [2.75, 3.05) is 7.11 Å². The maximum absolute atomic E-state index is 12.2. The SMILES string of the molecule is COc1c(C)c(C(C)(O)C(O)/C(C)=C/C(C)=C/C2(C)OC(C)C3(C)OC23)oc(=O)c1C. The van der Waals surface area contributed by atoms with Gasteiger partial charge in [0, 0.05) is 5.56 Å². The second kappa shape index (κ2) is 7.59. The van der Waals surface area contributed by atoms with Crippen molar-refractivity contribution in [1.29, 1.82) is 0 Å². The lowest BCUT2D eigenvalue weighted by Gasteiger charge is -2.30. The third-order valence-electron chi connectivity index (χ3n) is 6.71. The fraction of sp³-hybridized carbons (Fsp3) is 0.625. The standard InChI is InChI=1S/C24H34O7/c1-12(11-22(6)21-24(8,31-21)16(5)30-22)10-13(2)18(25)23(7,27)19-14(3)17(28-9)15(4)20(26)29-19/h10-11,16,18,21,25,27H,1-9H3/b12-11+,13-10+. The summed E-state index contributed by atoms with van der Waals surface area (Å²) in [5, 5.41) is 22.1. The Labute approximate surface area is 183 Å². The number of epoxide rings is 1. The van der Waals surface area contributed by atoms with Crippen LogP contribution in [0.3, 0.4) is 0 Å². The second-order valence-corrected chi connectivity index (χ2v) is 9.45. The van der Waals surface area contributed by atoms with Gasteiger partial charge in [0.2, 0.25) is 0 Å². The molecular weight excluding hydrogens is 400 g/mol. The van der Waals surface area contributed by atoms with Gasteiger partial charge in [-0.1, -0.05) is 11.6 Å². The molecule has 3 heterocycles. The van der Waals surface area contributed by atoms with Crippen LogP contribution in [0.15, 0.2) is 32.5 Å². The molecule has 1 aromatic heterocycles. The van der Waals surface area contributed by atoms with Crippen LogP contribution in [0.5, 0.6) is 5.75 Å². The van der Waals surface area contributed by atoms with Crippen LogP contribution in [0, 0.1) is 13.8 Å². The summed E-state index contributed by atoms with van der Waals surface area (Å²) in [4.78, 5) is 12.2. The molecule has 0 aliphatic carbocycles. The molecule has 2 aliphatic heterocycles. The molecule has 0 amide bonds. The number of aliphatic hydroxyl groups excluding tert-OH is 1. The van der Waals surface area contributed by atoms with E-state index in [2.05, 4.69) is 0 Å². The molecule has 31 heavy (non-hydrogen) atoms. The van der Waals surface area contributed by atoms with Crippen molar-refractivity contribution in [3.05, 3.63) is 50.6 Å². The van der Waals surface area contributed by atoms with E-state index in [9.17, 15) is 15.0 Å². The molecule has 0 bridgehead atoms. The van der Waals surface area contributed by atoms with Crippen LogP contribution in [-0.2, 0) is 15.1 Å². The number of ether oxygens (including phenoxy) is 3. The zero-order chi connectivity index (χ0) is 23.5. The lowest BCUT2D eigenvalue weighted by Crippen LogP contribution is -2.39. The third-order valence-corrected chi connectivity index (χ3v) is 6.71. The van der Waals surface area contributed by atoms with Gasteiger partial charge < -0.3 is 28.8 Å². The third kappa shape index (κ3) is 3.78. The summed E-state index contributed by atoms with van der Waals surface area (Å²) in [6.07, 6.45) is 2.44. The molecule has 7 nitrogen and oxygen atoms in total. The number of fused-ring (bicyclic) bond motifs is 1. The average Bonchev–Trinajstić information content (AvgIpc) is 3.34. The molecule has 2 fully saturated rings. The Morgan fingerprint density at radius 1 is 1.23 bits per heavy atom. The molecule has 2 saturated heterocycles. The van der Waals surface area contributed by atoms with Gasteiger partial charge in [0.1, 0.15) is 40.5 Å². The monoisotopic (exact) mass is 434 g/mol. The first kappa shape index (κ1) is 23.7. The highest BCUT2D eigenvalue weighted by atomic mass is 16.7. The van der Waals surface area contributed by atoms with Crippen LogP contribution >= 0.6 is 0 Å². The Hall–Kier alpha value is -1.93. The van der Waals surface area contributed by atoms with Gasteiger partial charge in [0.25, 0.3) is 0 Å². The molecule has 172 valence electrons. The molecule has 6 unspecified atom stereocenters. The molecule has 3 rings (SSSR count). The summed E-state index contributed by atoms with van der Waals surface area (Å²) in [5.74, 6) is 0.313. The summed E-state index contributed by atoms with van der Waals surface area (Å²) in [6.45, 7) is 14.3. The Morgan fingerprint density at radius 3 is 2.32 bits per heavy atom. The van der Waals surface area contributed by atoms with Crippen LogP contribution in [0.4, 0.5) is 0 Å². The minimum Gasteiger partial charge on any atom is -0.496 e. The maximum atomic E-state index is 12.2. The fourth-order valence-corrected chi connectivity index (χ4v) is 4.90. The molecule has 0 saturated carbocycles. The predicted molar refractivity (Wildman–Crippen MR) is 116 cm³/mol. The van der Waals surface area contributed by atoms with E-state index >= 15 is 0 Å². The van der Waals surface area contributed by atoms with Crippen LogP contribution < -0.4 is 10.4 Å².